The number of nitrogens with two attached hydrogens (primary N) is 1. The molecule has 0 radical (unpaired) electrons. The zero-order valence-electron chi connectivity index (χ0n) is 10.4. The van der Waals surface area contributed by atoms with E-state index in [0.717, 1.165) is 6.54 Å². The molecule has 1 aromatic carbocycles. The van der Waals surface area contributed by atoms with Crippen LogP contribution < -0.4 is 11.3 Å². The zero-order valence-corrected chi connectivity index (χ0v) is 10.4. The molecule has 0 heterocycles. The van der Waals surface area contributed by atoms with Gasteiger partial charge < -0.3 is 9.64 Å². The summed E-state index contributed by atoms with van der Waals surface area (Å²) < 4.78 is 4.94. The van der Waals surface area contributed by atoms with E-state index in [1.165, 1.54) is 5.56 Å². The van der Waals surface area contributed by atoms with Gasteiger partial charge in [0.15, 0.2) is 0 Å². The van der Waals surface area contributed by atoms with Crippen molar-refractivity contribution in [2.45, 2.75) is 6.54 Å². The second-order valence-electron chi connectivity index (χ2n) is 3.68. The Balaban J connectivity index is 2.54. The van der Waals surface area contributed by atoms with Crippen molar-refractivity contribution in [3.63, 3.8) is 0 Å². The van der Waals surface area contributed by atoms with Crippen molar-refractivity contribution in [1.82, 2.24) is 10.3 Å². The van der Waals surface area contributed by atoms with Gasteiger partial charge in [0.1, 0.15) is 0 Å². The van der Waals surface area contributed by atoms with Crippen LogP contribution in [0.3, 0.4) is 0 Å². The molecule has 5 nitrogen and oxygen atoms in total. The number of benzene rings is 1. The van der Waals surface area contributed by atoms with Crippen molar-refractivity contribution in [3.05, 3.63) is 35.9 Å². The lowest BCUT2D eigenvalue weighted by molar-refractivity contribution is 0.207. The Hall–Kier alpha value is -1.59. The third kappa shape index (κ3) is 4.84. The smallest absolute Gasteiger partial charge is 0.208 e. The number of methoxy groups -OCH3 is 1. The predicted octanol–water partition coefficient (Wildman–Crippen LogP) is 0.584. The molecule has 0 spiro atoms. The highest BCUT2D eigenvalue weighted by Crippen LogP contribution is 2.02. The van der Waals surface area contributed by atoms with Gasteiger partial charge in [0.2, 0.25) is 5.96 Å². The first-order chi connectivity index (χ1) is 8.27. The van der Waals surface area contributed by atoms with E-state index in [0.29, 0.717) is 19.1 Å². The fourth-order valence-corrected chi connectivity index (χ4v) is 1.45. The number of hydrogen-bond acceptors (Lipinski definition) is 3. The first-order valence-electron chi connectivity index (χ1n) is 5.53. The Labute approximate surface area is 102 Å². The SMILES string of the molecule is COCCN=C(NN)N(C)Cc1ccccc1. The van der Waals surface area contributed by atoms with Crippen LogP contribution in [0.5, 0.6) is 0 Å². The molecule has 0 fully saturated rings. The summed E-state index contributed by atoms with van der Waals surface area (Å²) in [6.45, 7) is 1.94. The molecule has 17 heavy (non-hydrogen) atoms. The normalized spacial score (nSPS) is 11.4. The molecule has 0 aromatic heterocycles. The molecule has 94 valence electrons. The number of nitrogens with one attached hydrogen (secondary N) is 1. The highest BCUT2D eigenvalue weighted by atomic mass is 16.5. The largest absolute Gasteiger partial charge is 0.383 e. The first-order valence-corrected chi connectivity index (χ1v) is 5.53. The van der Waals surface area contributed by atoms with Crippen molar-refractivity contribution in [2.24, 2.45) is 10.8 Å². The lowest BCUT2D eigenvalue weighted by Gasteiger charge is -2.20. The third-order valence-electron chi connectivity index (χ3n) is 2.31. The number of rotatable bonds is 5. The second kappa shape index (κ2) is 7.65. The number of guanidine groups is 1. The lowest BCUT2D eigenvalue weighted by atomic mass is 10.2. The van der Waals surface area contributed by atoms with Gasteiger partial charge in [-0.1, -0.05) is 30.3 Å². The standard InChI is InChI=1S/C12H20N4O/c1-16(10-11-6-4-3-5-7-11)12(15-13)14-8-9-17-2/h3-7H,8-10,13H2,1-2H3,(H,14,15). The van der Waals surface area contributed by atoms with Crippen LogP contribution in [-0.2, 0) is 11.3 Å². The van der Waals surface area contributed by atoms with Gasteiger partial charge in [-0.05, 0) is 5.56 Å². The van der Waals surface area contributed by atoms with Gasteiger partial charge in [-0.25, -0.2) is 10.8 Å². The van der Waals surface area contributed by atoms with Crippen LogP contribution in [0, 0.1) is 0 Å². The third-order valence-corrected chi connectivity index (χ3v) is 2.31. The van der Waals surface area contributed by atoms with Crippen molar-refractivity contribution in [1.29, 1.82) is 0 Å². The molecule has 0 saturated carbocycles. The highest BCUT2D eigenvalue weighted by molar-refractivity contribution is 5.79. The van der Waals surface area contributed by atoms with Gasteiger partial charge in [-0.15, -0.1) is 0 Å². The summed E-state index contributed by atoms with van der Waals surface area (Å²) >= 11 is 0. The van der Waals surface area contributed by atoms with Gasteiger partial charge in [-0.3, -0.25) is 5.43 Å². The van der Waals surface area contributed by atoms with Crippen molar-refractivity contribution >= 4 is 5.96 Å². The van der Waals surface area contributed by atoms with Crippen LogP contribution in [-0.4, -0.2) is 38.2 Å². The summed E-state index contributed by atoms with van der Waals surface area (Å²) in [4.78, 5) is 6.27. The first kappa shape index (κ1) is 13.5. The van der Waals surface area contributed by atoms with Gasteiger partial charge >= 0.3 is 0 Å². The van der Waals surface area contributed by atoms with Crippen LogP contribution in [0.15, 0.2) is 35.3 Å². The minimum atomic E-state index is 0.588. The van der Waals surface area contributed by atoms with E-state index in [9.17, 15) is 0 Å². The Morgan fingerprint density at radius 3 is 2.71 bits per heavy atom. The van der Waals surface area contributed by atoms with Crippen LogP contribution >= 0.6 is 0 Å². The summed E-state index contributed by atoms with van der Waals surface area (Å²) in [6, 6.07) is 10.2. The van der Waals surface area contributed by atoms with E-state index in [4.69, 9.17) is 10.6 Å². The molecule has 5 heteroatoms. The molecule has 1 aromatic rings. The van der Waals surface area contributed by atoms with Gasteiger partial charge in [0.25, 0.3) is 0 Å². The van der Waals surface area contributed by atoms with Crippen molar-refractivity contribution in [2.75, 3.05) is 27.3 Å². The minimum Gasteiger partial charge on any atom is -0.383 e. The summed E-state index contributed by atoms with van der Waals surface area (Å²) in [5.41, 5.74) is 3.81. The number of hydrogen-bond donors (Lipinski definition) is 2. The lowest BCUT2D eigenvalue weighted by Crippen LogP contribution is -2.42. The molecule has 3 N–H and O–H groups in total. The highest BCUT2D eigenvalue weighted by Gasteiger charge is 2.04. The average molecular weight is 236 g/mol. The number of aliphatic imine (C=N–C) groups is 1. The topological polar surface area (TPSA) is 62.9 Å². The molecule has 0 aliphatic rings. The Bertz CT molecular complexity index is 340. The molecule has 0 saturated heterocycles. The molecule has 0 unspecified atom stereocenters. The molecular formula is C12H20N4O. The zero-order chi connectivity index (χ0) is 12.5. The summed E-state index contributed by atoms with van der Waals surface area (Å²) in [5, 5.41) is 0. The monoisotopic (exact) mass is 236 g/mol. The fourth-order valence-electron chi connectivity index (χ4n) is 1.45. The quantitative estimate of drug-likeness (QED) is 0.258. The van der Waals surface area contributed by atoms with Gasteiger partial charge in [0.05, 0.1) is 13.2 Å². The van der Waals surface area contributed by atoms with E-state index in [2.05, 4.69) is 22.6 Å². The van der Waals surface area contributed by atoms with Crippen molar-refractivity contribution in [3.8, 4) is 0 Å². The van der Waals surface area contributed by atoms with E-state index in [-0.39, 0.29) is 0 Å². The maximum Gasteiger partial charge on any atom is 0.208 e. The van der Waals surface area contributed by atoms with E-state index < -0.39 is 0 Å². The molecule has 0 bridgehead atoms. The van der Waals surface area contributed by atoms with Crippen LogP contribution in [0.25, 0.3) is 0 Å². The van der Waals surface area contributed by atoms with Crippen molar-refractivity contribution < 1.29 is 4.74 Å². The average Bonchev–Trinajstić information content (AvgIpc) is 2.36. The maximum absolute atomic E-state index is 5.45. The van der Waals surface area contributed by atoms with Crippen LogP contribution in [0.2, 0.25) is 0 Å². The molecule has 0 aliphatic heterocycles. The van der Waals surface area contributed by atoms with E-state index in [1.54, 1.807) is 7.11 Å². The molecule has 1 rings (SSSR count). The van der Waals surface area contributed by atoms with Crippen LogP contribution in [0.4, 0.5) is 0 Å². The van der Waals surface area contributed by atoms with E-state index in [1.807, 2.05) is 30.1 Å². The van der Waals surface area contributed by atoms with Gasteiger partial charge in [-0.2, -0.15) is 0 Å². The van der Waals surface area contributed by atoms with Gasteiger partial charge in [0, 0.05) is 20.7 Å². The Kier molecular flexibility index (Phi) is 6.06. The van der Waals surface area contributed by atoms with Crippen LogP contribution in [0.1, 0.15) is 5.56 Å². The Morgan fingerprint density at radius 2 is 2.12 bits per heavy atom. The van der Waals surface area contributed by atoms with E-state index >= 15 is 0 Å². The summed E-state index contributed by atoms with van der Waals surface area (Å²) in [5.74, 6) is 6.10. The molecular weight excluding hydrogens is 216 g/mol. The second-order valence-corrected chi connectivity index (χ2v) is 3.68. The maximum atomic E-state index is 5.45. The molecule has 0 atom stereocenters. The minimum absolute atomic E-state index is 0.588. The number of ether oxygens (including phenoxy) is 1. The molecule has 0 amide bonds. The Morgan fingerprint density at radius 1 is 1.41 bits per heavy atom. The number of hydrazine groups is 1. The summed E-state index contributed by atoms with van der Waals surface area (Å²) in [7, 11) is 3.59. The molecule has 0 aliphatic carbocycles. The summed E-state index contributed by atoms with van der Waals surface area (Å²) in [6.07, 6.45) is 0. The number of nitrogens with zero attached hydrogens (tertiary/aromatic N) is 2. The fraction of sp³-hybridized carbons (Fsp3) is 0.417. The predicted molar refractivity (Wildman–Crippen MR) is 69.4 cm³/mol.